The van der Waals surface area contributed by atoms with Gasteiger partial charge in [-0.05, 0) is 44.9 Å². The first kappa shape index (κ1) is 25.9. The second-order valence-corrected chi connectivity index (χ2v) is 12.1. The first-order chi connectivity index (χ1) is 16.4. The Morgan fingerprint density at radius 1 is 1.11 bits per heavy atom. The average Bonchev–Trinajstić information content (AvgIpc) is 3.15. The van der Waals surface area contributed by atoms with Crippen LogP contribution in [0.5, 0.6) is 0 Å². The predicted octanol–water partition coefficient (Wildman–Crippen LogP) is 2.46. The molecule has 194 valence electrons. The highest BCUT2D eigenvalue weighted by Gasteiger charge is 2.72. The van der Waals surface area contributed by atoms with Gasteiger partial charge in [0.25, 0.3) is 0 Å². The van der Waals surface area contributed by atoms with Crippen molar-refractivity contribution in [2.24, 2.45) is 17.3 Å². The molecule has 2 amide bonds. The van der Waals surface area contributed by atoms with Crippen molar-refractivity contribution in [2.45, 2.75) is 83.6 Å². The van der Waals surface area contributed by atoms with E-state index in [0.717, 1.165) is 12.8 Å². The summed E-state index contributed by atoms with van der Waals surface area (Å²) in [5.41, 5.74) is -1.73. The Bertz CT molecular complexity index is 919. The summed E-state index contributed by atoms with van der Waals surface area (Å²) in [5, 5.41) is 9.51. The van der Waals surface area contributed by atoms with E-state index in [1.165, 1.54) is 0 Å². The van der Waals surface area contributed by atoms with Gasteiger partial charge in [-0.25, -0.2) is 0 Å². The second kappa shape index (κ2) is 9.36. The standard InChI is InChI=1S/C27H40N2O6/c1-25(2,3)17-26(4,5)29-14-9-12-27-20(22(31)28(13-10-15-30)21(27)23(29)32)19-18(35-27)11-7-6-8-16-34-24(19)33/h7,9,11-12,18-21,30H,6,8,10,13-17H2,1-5H3/b11-7-/t18-,19+,20+,21?,27+/m1/s1. The number of nitrogens with zero attached hydrogens (tertiary/aromatic N) is 2. The summed E-state index contributed by atoms with van der Waals surface area (Å²) in [7, 11) is 0. The Labute approximate surface area is 208 Å². The first-order valence-corrected chi connectivity index (χ1v) is 12.8. The number of ether oxygens (including phenoxy) is 2. The molecule has 0 aliphatic carbocycles. The van der Waals surface area contributed by atoms with Crippen molar-refractivity contribution >= 4 is 17.8 Å². The van der Waals surface area contributed by atoms with Gasteiger partial charge in [0.15, 0.2) is 0 Å². The predicted molar refractivity (Wildman–Crippen MR) is 130 cm³/mol. The van der Waals surface area contributed by atoms with Crippen molar-refractivity contribution in [3.05, 3.63) is 24.3 Å². The van der Waals surface area contributed by atoms with Gasteiger partial charge in [0.2, 0.25) is 11.8 Å². The third-order valence-electron chi connectivity index (χ3n) is 7.60. The molecule has 8 heteroatoms. The third-order valence-corrected chi connectivity index (χ3v) is 7.60. The summed E-state index contributed by atoms with van der Waals surface area (Å²) in [6.45, 7) is 11.4. The monoisotopic (exact) mass is 488 g/mol. The van der Waals surface area contributed by atoms with Crippen molar-refractivity contribution in [2.75, 3.05) is 26.3 Å². The van der Waals surface area contributed by atoms with E-state index in [0.29, 0.717) is 26.0 Å². The summed E-state index contributed by atoms with van der Waals surface area (Å²) < 4.78 is 12.1. The van der Waals surface area contributed by atoms with Crippen molar-refractivity contribution in [1.29, 1.82) is 0 Å². The minimum Gasteiger partial charge on any atom is -0.465 e. The summed E-state index contributed by atoms with van der Waals surface area (Å²) >= 11 is 0. The number of carbonyl (C=O) groups is 3. The molecule has 0 radical (unpaired) electrons. The maximum Gasteiger partial charge on any atom is 0.312 e. The van der Waals surface area contributed by atoms with Gasteiger partial charge in [-0.1, -0.05) is 45.1 Å². The fourth-order valence-electron chi connectivity index (χ4n) is 6.67. The number of fused-ring (bicyclic) bond motifs is 2. The highest BCUT2D eigenvalue weighted by Crippen LogP contribution is 2.53. The van der Waals surface area contributed by atoms with E-state index in [9.17, 15) is 19.5 Å². The fourth-order valence-corrected chi connectivity index (χ4v) is 6.67. The van der Waals surface area contributed by atoms with Crippen molar-refractivity contribution in [1.82, 2.24) is 9.80 Å². The highest BCUT2D eigenvalue weighted by molar-refractivity contribution is 5.99. The van der Waals surface area contributed by atoms with Crippen LogP contribution in [0.4, 0.5) is 0 Å². The SMILES string of the molecule is CC(C)(C)CC(C)(C)N1CC=C[C@]23O[C@@H]4/C=C\CCCOC(=O)[C@@H]4[C@H]2C(=O)N(CCCO)C3C1=O. The Hall–Kier alpha value is -2.19. The maximum atomic E-state index is 14.3. The number of likely N-dealkylation sites (tertiary alicyclic amines) is 1. The Morgan fingerprint density at radius 2 is 1.86 bits per heavy atom. The molecular formula is C27H40N2O6. The van der Waals surface area contributed by atoms with Crippen molar-refractivity contribution < 1.29 is 29.0 Å². The van der Waals surface area contributed by atoms with Crippen LogP contribution < -0.4 is 0 Å². The second-order valence-electron chi connectivity index (χ2n) is 12.1. The van der Waals surface area contributed by atoms with Crippen LogP contribution in [0, 0.1) is 17.3 Å². The van der Waals surface area contributed by atoms with Gasteiger partial charge in [-0.2, -0.15) is 0 Å². The van der Waals surface area contributed by atoms with E-state index in [1.807, 2.05) is 29.2 Å². The van der Waals surface area contributed by atoms with E-state index in [-0.39, 0.29) is 30.4 Å². The van der Waals surface area contributed by atoms with Gasteiger partial charge >= 0.3 is 5.97 Å². The molecule has 0 bridgehead atoms. The van der Waals surface area contributed by atoms with Gasteiger partial charge in [-0.3, -0.25) is 14.4 Å². The Balaban J connectivity index is 1.79. The van der Waals surface area contributed by atoms with Crippen molar-refractivity contribution in [3.8, 4) is 0 Å². The minimum absolute atomic E-state index is 0.00947. The number of hydrogen-bond donors (Lipinski definition) is 1. The van der Waals surface area contributed by atoms with Crippen molar-refractivity contribution in [3.63, 3.8) is 0 Å². The summed E-state index contributed by atoms with van der Waals surface area (Å²) in [4.78, 5) is 44.8. The lowest BCUT2D eigenvalue weighted by Gasteiger charge is -2.44. The minimum atomic E-state index is -1.26. The van der Waals surface area contributed by atoms with Crippen LogP contribution in [0.2, 0.25) is 0 Å². The van der Waals surface area contributed by atoms with E-state index in [1.54, 1.807) is 4.90 Å². The molecule has 4 heterocycles. The molecular weight excluding hydrogens is 448 g/mol. The number of amides is 2. The zero-order valence-corrected chi connectivity index (χ0v) is 21.7. The molecule has 0 aromatic rings. The summed E-state index contributed by atoms with van der Waals surface area (Å²) in [6, 6.07) is -0.902. The molecule has 8 nitrogen and oxygen atoms in total. The van der Waals surface area contributed by atoms with E-state index >= 15 is 0 Å². The smallest absolute Gasteiger partial charge is 0.312 e. The van der Waals surface area contributed by atoms with Gasteiger partial charge in [-0.15, -0.1) is 0 Å². The number of rotatable bonds is 5. The van der Waals surface area contributed by atoms with Gasteiger partial charge < -0.3 is 24.4 Å². The molecule has 4 aliphatic rings. The van der Waals surface area contributed by atoms with Crippen LogP contribution in [-0.2, 0) is 23.9 Å². The number of hydrogen-bond acceptors (Lipinski definition) is 6. The van der Waals surface area contributed by atoms with Crippen LogP contribution in [0.3, 0.4) is 0 Å². The molecule has 2 fully saturated rings. The van der Waals surface area contributed by atoms with Crippen LogP contribution >= 0.6 is 0 Å². The van der Waals surface area contributed by atoms with E-state index in [4.69, 9.17) is 9.47 Å². The molecule has 5 atom stereocenters. The largest absolute Gasteiger partial charge is 0.465 e. The molecule has 0 aromatic heterocycles. The zero-order chi connectivity index (χ0) is 25.6. The molecule has 1 spiro atoms. The molecule has 1 unspecified atom stereocenters. The highest BCUT2D eigenvalue weighted by atomic mass is 16.6. The number of allylic oxidation sites excluding steroid dienone is 1. The van der Waals surface area contributed by atoms with Crippen LogP contribution in [0.15, 0.2) is 24.3 Å². The molecule has 35 heavy (non-hydrogen) atoms. The molecule has 4 rings (SSSR count). The van der Waals surface area contributed by atoms with Gasteiger partial charge in [0.05, 0.1) is 18.6 Å². The lowest BCUT2D eigenvalue weighted by molar-refractivity contribution is -0.155. The van der Waals surface area contributed by atoms with Crippen LogP contribution in [0.25, 0.3) is 0 Å². The molecule has 2 saturated heterocycles. The van der Waals surface area contributed by atoms with Crippen LogP contribution in [-0.4, -0.2) is 82.3 Å². The number of cyclic esters (lactones) is 1. The molecule has 0 saturated carbocycles. The molecule has 4 aliphatic heterocycles. The molecule has 0 aromatic carbocycles. The Kier molecular flexibility index (Phi) is 6.92. The first-order valence-electron chi connectivity index (χ1n) is 12.8. The number of esters is 1. The third kappa shape index (κ3) is 4.55. The maximum absolute atomic E-state index is 14.3. The topological polar surface area (TPSA) is 96.4 Å². The quantitative estimate of drug-likeness (QED) is 0.472. The Morgan fingerprint density at radius 3 is 2.54 bits per heavy atom. The van der Waals surface area contributed by atoms with E-state index < -0.39 is 41.1 Å². The normalized spacial score (nSPS) is 34.4. The average molecular weight is 489 g/mol. The lowest BCUT2D eigenvalue weighted by Crippen LogP contribution is -2.60. The van der Waals surface area contributed by atoms with E-state index in [2.05, 4.69) is 34.6 Å². The summed E-state index contributed by atoms with van der Waals surface area (Å²) in [6.07, 6.45) is 9.54. The summed E-state index contributed by atoms with van der Waals surface area (Å²) in [5.74, 6) is -2.58. The van der Waals surface area contributed by atoms with Gasteiger partial charge in [0, 0.05) is 25.2 Å². The number of aliphatic hydroxyl groups excluding tert-OH is 1. The van der Waals surface area contributed by atoms with Crippen LogP contribution in [0.1, 0.15) is 60.3 Å². The van der Waals surface area contributed by atoms with Gasteiger partial charge in [0.1, 0.15) is 17.6 Å². The fraction of sp³-hybridized carbons (Fsp3) is 0.741. The zero-order valence-electron chi connectivity index (χ0n) is 21.7. The number of carbonyl (C=O) groups excluding carboxylic acids is 3. The lowest BCUT2D eigenvalue weighted by atomic mass is 9.77. The molecule has 1 N–H and O–H groups in total. The number of aliphatic hydroxyl groups is 1.